The Morgan fingerprint density at radius 1 is 1.05 bits per heavy atom. The lowest BCUT2D eigenvalue weighted by Gasteiger charge is -2.21. The van der Waals surface area contributed by atoms with Gasteiger partial charge in [0.05, 0.1) is 12.6 Å². The van der Waals surface area contributed by atoms with E-state index in [9.17, 15) is 5.11 Å². The van der Waals surface area contributed by atoms with Gasteiger partial charge in [0, 0.05) is 15.6 Å². The molecule has 0 bridgehead atoms. The van der Waals surface area contributed by atoms with Gasteiger partial charge in [-0.25, -0.2) is 0 Å². The molecule has 108 valence electrons. The first kappa shape index (κ1) is 14.3. The van der Waals surface area contributed by atoms with E-state index in [1.54, 1.807) is 0 Å². The maximum absolute atomic E-state index is 9.66. The Morgan fingerprint density at radius 3 is 2.48 bits per heavy atom. The highest BCUT2D eigenvalue weighted by molar-refractivity contribution is 7.19. The summed E-state index contributed by atoms with van der Waals surface area (Å²) in [6.07, 6.45) is 0. The molecule has 0 spiro atoms. The summed E-state index contributed by atoms with van der Waals surface area (Å²) in [4.78, 5) is 1.30. The zero-order valence-electron chi connectivity index (χ0n) is 12.0. The molecule has 2 N–H and O–H groups in total. The number of aliphatic hydroxyl groups is 1. The number of hydrogen-bond donors (Lipinski definition) is 2. The van der Waals surface area contributed by atoms with Crippen LogP contribution in [0.3, 0.4) is 0 Å². The number of nitrogens with one attached hydrogen (secondary N) is 1. The van der Waals surface area contributed by atoms with E-state index in [1.807, 2.05) is 41.7 Å². The zero-order valence-corrected chi connectivity index (χ0v) is 12.8. The van der Waals surface area contributed by atoms with E-state index in [0.29, 0.717) is 0 Å². The van der Waals surface area contributed by atoms with Crippen LogP contribution < -0.4 is 5.32 Å². The third-order valence-electron chi connectivity index (χ3n) is 3.71. The lowest BCUT2D eigenvalue weighted by molar-refractivity contribution is 0.236. The molecule has 0 fully saturated rings. The van der Waals surface area contributed by atoms with Crippen molar-refractivity contribution in [1.29, 1.82) is 0 Å². The molecule has 1 unspecified atom stereocenters. The lowest BCUT2D eigenvalue weighted by Crippen LogP contribution is -2.26. The summed E-state index contributed by atoms with van der Waals surface area (Å²) in [6, 6.07) is 20.9. The second-order valence-electron chi connectivity index (χ2n) is 5.22. The van der Waals surface area contributed by atoms with E-state index in [-0.39, 0.29) is 18.7 Å². The Bertz CT molecular complexity index is 674. The van der Waals surface area contributed by atoms with E-state index in [0.717, 1.165) is 5.56 Å². The molecular formula is C18H19NOS. The Balaban J connectivity index is 1.79. The highest BCUT2D eigenvalue weighted by Gasteiger charge is 2.16. The van der Waals surface area contributed by atoms with Gasteiger partial charge in [-0.05, 0) is 30.0 Å². The first-order valence-electron chi connectivity index (χ1n) is 7.18. The average Bonchev–Trinajstić information content (AvgIpc) is 2.97. The van der Waals surface area contributed by atoms with Crippen LogP contribution in [0.25, 0.3) is 10.1 Å². The molecule has 0 aliphatic heterocycles. The molecule has 2 aromatic carbocycles. The number of thiophene rings is 1. The minimum absolute atomic E-state index is 0.0357. The molecule has 1 aromatic heterocycles. The summed E-state index contributed by atoms with van der Waals surface area (Å²) < 4.78 is 1.31. The van der Waals surface area contributed by atoms with Crippen LogP contribution in [-0.2, 0) is 0 Å². The monoisotopic (exact) mass is 297 g/mol. The molecule has 1 heterocycles. The SMILES string of the molecule is CC(N[C@H](CO)c1ccccc1)c1cc2ccccc2s1. The van der Waals surface area contributed by atoms with Crippen LogP contribution in [0.2, 0.25) is 0 Å². The Hall–Kier alpha value is -1.68. The molecule has 0 saturated carbocycles. The van der Waals surface area contributed by atoms with Gasteiger partial charge in [-0.2, -0.15) is 0 Å². The molecule has 3 rings (SSSR count). The third-order valence-corrected chi connectivity index (χ3v) is 5.01. The molecule has 21 heavy (non-hydrogen) atoms. The van der Waals surface area contributed by atoms with Crippen LogP contribution in [-0.4, -0.2) is 11.7 Å². The topological polar surface area (TPSA) is 32.3 Å². The highest BCUT2D eigenvalue weighted by atomic mass is 32.1. The number of rotatable bonds is 5. The van der Waals surface area contributed by atoms with Crippen LogP contribution in [0.15, 0.2) is 60.7 Å². The van der Waals surface area contributed by atoms with Gasteiger partial charge in [0.2, 0.25) is 0 Å². The fourth-order valence-corrected chi connectivity index (χ4v) is 3.62. The van der Waals surface area contributed by atoms with Gasteiger partial charge in [-0.3, -0.25) is 0 Å². The Labute approximate surface area is 129 Å². The zero-order chi connectivity index (χ0) is 14.7. The van der Waals surface area contributed by atoms with Crippen molar-refractivity contribution in [3.05, 3.63) is 71.1 Å². The maximum atomic E-state index is 9.66. The van der Waals surface area contributed by atoms with Crippen molar-refractivity contribution in [3.63, 3.8) is 0 Å². The van der Waals surface area contributed by atoms with Gasteiger partial charge >= 0.3 is 0 Å². The largest absolute Gasteiger partial charge is 0.394 e. The smallest absolute Gasteiger partial charge is 0.0626 e. The summed E-state index contributed by atoms with van der Waals surface area (Å²) in [5.74, 6) is 0. The summed E-state index contributed by atoms with van der Waals surface area (Å²) >= 11 is 1.81. The minimum atomic E-state index is -0.0357. The first-order chi connectivity index (χ1) is 10.3. The van der Waals surface area contributed by atoms with Crippen molar-refractivity contribution in [3.8, 4) is 0 Å². The van der Waals surface area contributed by atoms with E-state index >= 15 is 0 Å². The molecule has 2 nitrogen and oxygen atoms in total. The molecule has 0 aliphatic carbocycles. The van der Waals surface area contributed by atoms with Gasteiger partial charge in [0.25, 0.3) is 0 Å². The second kappa shape index (κ2) is 6.39. The van der Waals surface area contributed by atoms with Crippen molar-refractivity contribution < 1.29 is 5.11 Å². The van der Waals surface area contributed by atoms with Crippen molar-refractivity contribution in [1.82, 2.24) is 5.32 Å². The molecule has 0 saturated heterocycles. The molecular weight excluding hydrogens is 278 g/mol. The van der Waals surface area contributed by atoms with Crippen molar-refractivity contribution in [2.24, 2.45) is 0 Å². The summed E-state index contributed by atoms with van der Waals surface area (Å²) in [5, 5.41) is 14.5. The van der Waals surface area contributed by atoms with Crippen LogP contribution in [0.5, 0.6) is 0 Å². The van der Waals surface area contributed by atoms with E-state index in [4.69, 9.17) is 0 Å². The van der Waals surface area contributed by atoms with Crippen molar-refractivity contribution in [2.45, 2.75) is 19.0 Å². The van der Waals surface area contributed by atoms with Gasteiger partial charge in [-0.15, -0.1) is 11.3 Å². The molecule has 0 radical (unpaired) electrons. The van der Waals surface area contributed by atoms with Crippen molar-refractivity contribution in [2.75, 3.05) is 6.61 Å². The fraction of sp³-hybridized carbons (Fsp3) is 0.222. The predicted molar refractivity (Wildman–Crippen MR) is 89.6 cm³/mol. The van der Waals surface area contributed by atoms with E-state index < -0.39 is 0 Å². The summed E-state index contributed by atoms with van der Waals surface area (Å²) in [7, 11) is 0. The van der Waals surface area contributed by atoms with Gasteiger partial charge < -0.3 is 10.4 Å². The molecule has 0 aliphatic rings. The number of hydrogen-bond acceptors (Lipinski definition) is 3. The van der Waals surface area contributed by atoms with Crippen molar-refractivity contribution >= 4 is 21.4 Å². The minimum Gasteiger partial charge on any atom is -0.394 e. The van der Waals surface area contributed by atoms with Gasteiger partial charge in [0.15, 0.2) is 0 Å². The lowest BCUT2D eigenvalue weighted by atomic mass is 10.1. The third kappa shape index (κ3) is 3.16. The number of fused-ring (bicyclic) bond motifs is 1. The maximum Gasteiger partial charge on any atom is 0.0626 e. The molecule has 3 heteroatoms. The quantitative estimate of drug-likeness (QED) is 0.736. The summed E-state index contributed by atoms with van der Waals surface area (Å²) in [6.45, 7) is 2.25. The van der Waals surface area contributed by atoms with Crippen LogP contribution >= 0.6 is 11.3 Å². The van der Waals surface area contributed by atoms with E-state index in [2.05, 4.69) is 42.6 Å². The normalized spacial score (nSPS) is 14.2. The summed E-state index contributed by atoms with van der Waals surface area (Å²) in [5.41, 5.74) is 1.12. The number of benzene rings is 2. The van der Waals surface area contributed by atoms with Crippen LogP contribution in [0.1, 0.15) is 29.4 Å². The van der Waals surface area contributed by atoms with Gasteiger partial charge in [-0.1, -0.05) is 48.5 Å². The number of aliphatic hydroxyl groups excluding tert-OH is 1. The molecule has 0 amide bonds. The van der Waals surface area contributed by atoms with Gasteiger partial charge in [0.1, 0.15) is 0 Å². The van der Waals surface area contributed by atoms with Crippen LogP contribution in [0, 0.1) is 0 Å². The molecule has 2 atom stereocenters. The average molecular weight is 297 g/mol. The Kier molecular flexibility index (Phi) is 4.34. The standard InChI is InChI=1S/C18H19NOS/c1-13(18-11-15-9-5-6-10-17(15)21-18)19-16(12-20)14-7-3-2-4-8-14/h2-11,13,16,19-20H,12H2,1H3/t13?,16-/m1/s1. The van der Waals surface area contributed by atoms with E-state index in [1.165, 1.54) is 15.0 Å². The second-order valence-corrected chi connectivity index (χ2v) is 6.34. The fourth-order valence-electron chi connectivity index (χ4n) is 2.54. The predicted octanol–water partition coefficient (Wildman–Crippen LogP) is 4.29. The first-order valence-corrected chi connectivity index (χ1v) is 8.00. The highest BCUT2D eigenvalue weighted by Crippen LogP contribution is 2.30. The van der Waals surface area contributed by atoms with Crippen LogP contribution in [0.4, 0.5) is 0 Å². The molecule has 3 aromatic rings. The Morgan fingerprint density at radius 2 is 1.76 bits per heavy atom.